The maximum Gasteiger partial charge on any atom is 0.410 e. The van der Waals surface area contributed by atoms with Crippen LogP contribution in [-0.4, -0.2) is 131 Å². The topological polar surface area (TPSA) is 109 Å². The van der Waals surface area contributed by atoms with Crippen LogP contribution < -0.4 is 5.32 Å². The number of piperazine rings is 1. The fraction of sp³-hybridized carbons (Fsp3) is 0.625. The van der Waals surface area contributed by atoms with Crippen LogP contribution in [0.2, 0.25) is 0 Å². The van der Waals surface area contributed by atoms with Crippen molar-refractivity contribution in [1.82, 2.24) is 24.5 Å². The minimum absolute atomic E-state index is 0. The van der Waals surface area contributed by atoms with Crippen molar-refractivity contribution in [2.75, 3.05) is 70.8 Å². The number of phenols is 1. The number of hydrogen-bond acceptors (Lipinski definition) is 7. The number of ether oxygens (including phenoxy) is 1. The molecule has 51 heavy (non-hydrogen) atoms. The number of carbonyl (C=O) groups is 3. The Labute approximate surface area is 303 Å². The van der Waals surface area contributed by atoms with Crippen LogP contribution in [0.15, 0.2) is 36.4 Å². The summed E-state index contributed by atoms with van der Waals surface area (Å²) >= 11 is 0. The molecule has 1 aliphatic carbocycles. The number of hydrogen-bond donors (Lipinski definition) is 2. The normalized spacial score (nSPS) is 21.7. The zero-order valence-corrected chi connectivity index (χ0v) is 29.8. The molecule has 11 heteroatoms. The van der Waals surface area contributed by atoms with Crippen molar-refractivity contribution < 1.29 is 24.2 Å². The highest BCUT2D eigenvalue weighted by Gasteiger charge is 2.37. The van der Waals surface area contributed by atoms with Crippen molar-refractivity contribution in [3.05, 3.63) is 58.7 Å². The third-order valence-corrected chi connectivity index (χ3v) is 11.7. The van der Waals surface area contributed by atoms with Crippen molar-refractivity contribution in [2.45, 2.75) is 90.8 Å². The van der Waals surface area contributed by atoms with Gasteiger partial charge in [0.05, 0.1) is 0 Å². The molecule has 0 unspecified atom stereocenters. The SMILES string of the molecule is C.Cc1cc(C[C@@H](OC(=O)N2CCC(N3CCc4ccccc4NC3=O)CC2)C(=O)N2CCC(N3CCN(CC4CC4)CC3)CC2)cc(C)c1O. The van der Waals surface area contributed by atoms with Crippen LogP contribution in [-0.2, 0) is 22.4 Å². The Kier molecular flexibility index (Phi) is 11.8. The molecule has 2 aromatic carbocycles. The zero-order chi connectivity index (χ0) is 34.8. The predicted octanol–water partition coefficient (Wildman–Crippen LogP) is 5.27. The van der Waals surface area contributed by atoms with Gasteiger partial charge in [-0.2, -0.15) is 0 Å². The summed E-state index contributed by atoms with van der Waals surface area (Å²) in [4.78, 5) is 51.6. The monoisotopic (exact) mass is 702 g/mol. The first-order valence-corrected chi connectivity index (χ1v) is 18.9. The molecule has 2 N–H and O–H groups in total. The molecule has 0 spiro atoms. The van der Waals surface area contributed by atoms with E-state index in [4.69, 9.17) is 4.74 Å². The molecule has 11 nitrogen and oxygen atoms in total. The number of nitrogens with one attached hydrogen (secondary N) is 1. The number of urea groups is 1. The molecule has 0 aromatic heterocycles. The third-order valence-electron chi connectivity index (χ3n) is 11.7. The average Bonchev–Trinajstić information content (AvgIpc) is 3.97. The number of para-hydroxylation sites is 1. The Morgan fingerprint density at radius 3 is 2.14 bits per heavy atom. The van der Waals surface area contributed by atoms with E-state index in [-0.39, 0.29) is 37.6 Å². The maximum atomic E-state index is 14.1. The van der Waals surface area contributed by atoms with Crippen LogP contribution in [0.1, 0.15) is 68.2 Å². The lowest BCUT2D eigenvalue weighted by atomic mass is 9.98. The summed E-state index contributed by atoms with van der Waals surface area (Å²) < 4.78 is 6.10. The van der Waals surface area contributed by atoms with Crippen molar-refractivity contribution in [2.24, 2.45) is 5.92 Å². The molecule has 1 saturated carbocycles. The molecule has 1 atom stereocenters. The van der Waals surface area contributed by atoms with E-state index in [0.717, 1.165) is 79.3 Å². The van der Waals surface area contributed by atoms with Gasteiger partial charge in [0.1, 0.15) is 5.75 Å². The van der Waals surface area contributed by atoms with E-state index < -0.39 is 12.2 Å². The van der Waals surface area contributed by atoms with Crippen LogP contribution in [0.25, 0.3) is 0 Å². The largest absolute Gasteiger partial charge is 0.507 e. The maximum absolute atomic E-state index is 14.1. The van der Waals surface area contributed by atoms with E-state index in [9.17, 15) is 19.5 Å². The van der Waals surface area contributed by atoms with E-state index in [1.165, 1.54) is 19.4 Å². The number of nitrogens with zero attached hydrogens (tertiary/aromatic N) is 5. The second-order valence-corrected chi connectivity index (χ2v) is 15.2. The lowest BCUT2D eigenvalue weighted by Gasteiger charge is -2.43. The molecule has 4 amide bonds. The Balaban J connectivity index is 0.00000448. The van der Waals surface area contributed by atoms with E-state index in [1.807, 2.05) is 54.0 Å². The fourth-order valence-corrected chi connectivity index (χ4v) is 8.48. The van der Waals surface area contributed by atoms with Crippen molar-refractivity contribution in [3.63, 3.8) is 0 Å². The standard InChI is InChI=1S/C39H54N6O5.CH4/c1-27-23-30(24-28(2)36(27)46)25-35(37(47)43-14-10-32(11-15-43)42-21-19-41(20-22-42)26-29-7-8-29)50-39(49)44-16-12-33(13-17-44)45-18-9-31-5-3-4-6-34(31)40-38(45)48;/h3-6,23-24,29,32-33,35,46H,7-22,25-26H2,1-2H3,(H,40,48);1H4/t35-;/m1./s1. The van der Waals surface area contributed by atoms with Gasteiger partial charge in [0.15, 0.2) is 6.10 Å². The Morgan fingerprint density at radius 2 is 1.47 bits per heavy atom. The predicted molar refractivity (Wildman–Crippen MR) is 199 cm³/mol. The number of rotatable bonds is 8. The second-order valence-electron chi connectivity index (χ2n) is 15.2. The smallest absolute Gasteiger partial charge is 0.410 e. The number of anilines is 1. The minimum atomic E-state index is -0.957. The van der Waals surface area contributed by atoms with Crippen LogP contribution in [0.4, 0.5) is 15.3 Å². The molecule has 4 aliphatic heterocycles. The van der Waals surface area contributed by atoms with Gasteiger partial charge in [-0.05, 0) is 93.0 Å². The van der Waals surface area contributed by atoms with E-state index in [1.54, 1.807) is 4.90 Å². The first-order valence-electron chi connectivity index (χ1n) is 18.9. The first kappa shape index (κ1) is 36.9. The van der Waals surface area contributed by atoms with Crippen LogP contribution in [0.3, 0.4) is 0 Å². The number of fused-ring (bicyclic) bond motifs is 1. The number of likely N-dealkylation sites (tertiary alicyclic amines) is 2. The Bertz CT molecular complexity index is 1520. The van der Waals surface area contributed by atoms with E-state index in [0.29, 0.717) is 51.6 Å². The van der Waals surface area contributed by atoms with Gasteiger partial charge in [0, 0.05) is 89.6 Å². The lowest BCUT2D eigenvalue weighted by Crippen LogP contribution is -2.55. The summed E-state index contributed by atoms with van der Waals surface area (Å²) in [7, 11) is 0. The van der Waals surface area contributed by atoms with E-state index in [2.05, 4.69) is 21.2 Å². The first-order chi connectivity index (χ1) is 24.2. The summed E-state index contributed by atoms with van der Waals surface area (Å²) in [6.07, 6.45) is 5.52. The van der Waals surface area contributed by atoms with Gasteiger partial charge in [-0.3, -0.25) is 9.69 Å². The quantitative estimate of drug-likeness (QED) is 0.386. The van der Waals surface area contributed by atoms with E-state index >= 15 is 0 Å². The summed E-state index contributed by atoms with van der Waals surface area (Å²) in [5, 5.41) is 13.4. The van der Waals surface area contributed by atoms with Crippen LogP contribution in [0, 0.1) is 19.8 Å². The highest BCUT2D eigenvalue weighted by molar-refractivity contribution is 5.91. The van der Waals surface area contributed by atoms with Gasteiger partial charge in [-0.1, -0.05) is 37.8 Å². The number of amides is 4. The van der Waals surface area contributed by atoms with Gasteiger partial charge < -0.3 is 34.8 Å². The summed E-state index contributed by atoms with van der Waals surface area (Å²) in [5.74, 6) is 1.02. The Hall–Kier alpha value is -3.83. The molecule has 4 heterocycles. The molecule has 278 valence electrons. The molecule has 3 saturated heterocycles. The van der Waals surface area contributed by atoms with Gasteiger partial charge in [-0.25, -0.2) is 9.59 Å². The average molecular weight is 703 g/mol. The lowest BCUT2D eigenvalue weighted by molar-refractivity contribution is -0.142. The van der Waals surface area contributed by atoms with Crippen molar-refractivity contribution in [1.29, 1.82) is 0 Å². The molecule has 4 fully saturated rings. The number of piperidine rings is 2. The highest BCUT2D eigenvalue weighted by Crippen LogP contribution is 2.31. The molecule has 0 radical (unpaired) electrons. The van der Waals surface area contributed by atoms with Crippen LogP contribution in [0.5, 0.6) is 5.75 Å². The number of phenolic OH excluding ortho intramolecular Hbond substituents is 1. The summed E-state index contributed by atoms with van der Waals surface area (Å²) in [5.41, 5.74) is 4.32. The summed E-state index contributed by atoms with van der Waals surface area (Å²) in [6, 6.07) is 12.1. The van der Waals surface area contributed by atoms with Gasteiger partial charge >= 0.3 is 12.1 Å². The minimum Gasteiger partial charge on any atom is -0.507 e. The van der Waals surface area contributed by atoms with Gasteiger partial charge in [-0.15, -0.1) is 0 Å². The fourth-order valence-electron chi connectivity index (χ4n) is 8.48. The highest BCUT2D eigenvalue weighted by atomic mass is 16.6. The second kappa shape index (κ2) is 16.2. The Morgan fingerprint density at radius 1 is 0.843 bits per heavy atom. The molecular weight excluding hydrogens is 644 g/mol. The third kappa shape index (κ3) is 8.80. The number of aromatic hydroxyl groups is 1. The molecule has 7 rings (SSSR count). The molecule has 0 bridgehead atoms. The van der Waals surface area contributed by atoms with Crippen LogP contribution >= 0.6 is 0 Å². The molecule has 5 aliphatic rings. The number of aryl methyl sites for hydroxylation is 2. The molecule has 2 aromatic rings. The van der Waals surface area contributed by atoms with Gasteiger partial charge in [0.2, 0.25) is 0 Å². The van der Waals surface area contributed by atoms with Gasteiger partial charge in [0.25, 0.3) is 5.91 Å². The van der Waals surface area contributed by atoms with Crippen molar-refractivity contribution in [3.8, 4) is 5.75 Å². The summed E-state index contributed by atoms with van der Waals surface area (Å²) in [6.45, 7) is 12.3. The number of carbonyl (C=O) groups excluding carboxylic acids is 3. The van der Waals surface area contributed by atoms with Crippen molar-refractivity contribution >= 4 is 23.7 Å². The zero-order valence-electron chi connectivity index (χ0n) is 29.8. The number of benzene rings is 2. The molecular formula is C40H58N6O5.